The summed E-state index contributed by atoms with van der Waals surface area (Å²) >= 11 is 0. The van der Waals surface area contributed by atoms with E-state index < -0.39 is 11.9 Å². The summed E-state index contributed by atoms with van der Waals surface area (Å²) < 4.78 is 51.3. The lowest BCUT2D eigenvalue weighted by Gasteiger charge is -2.15. The number of alkyl halides is 3. The SMILES string of the molecule is COc1ncnc(C2CC2)c1-c1ncc2cc(-c3c(C)nn(C)c3C)c(=O)n(Cc3ccc(-c4nc(C(F)(F)F)cn4C4CC4)cc3)c2n1. The summed E-state index contributed by atoms with van der Waals surface area (Å²) in [6, 6.07) is 8.92. The van der Waals surface area contributed by atoms with Gasteiger partial charge in [0.1, 0.15) is 23.4 Å². The molecule has 1 aromatic carbocycles. The van der Waals surface area contributed by atoms with Crippen molar-refractivity contribution < 1.29 is 17.9 Å². The topological polar surface area (TPSA) is 118 Å². The highest BCUT2D eigenvalue weighted by Gasteiger charge is 2.37. The Kier molecular flexibility index (Phi) is 7.16. The van der Waals surface area contributed by atoms with Crippen molar-refractivity contribution in [1.29, 1.82) is 0 Å². The molecule has 5 aromatic heterocycles. The average Bonchev–Trinajstić information content (AvgIpc) is 4.03. The van der Waals surface area contributed by atoms with Gasteiger partial charge in [0.2, 0.25) is 5.88 Å². The van der Waals surface area contributed by atoms with Crippen LogP contribution in [-0.4, -0.2) is 50.9 Å². The van der Waals surface area contributed by atoms with Crippen LogP contribution in [0.1, 0.15) is 66.0 Å². The molecule has 5 heterocycles. The maximum atomic E-state index is 14.5. The maximum absolute atomic E-state index is 14.5. The van der Waals surface area contributed by atoms with E-state index in [1.54, 1.807) is 50.3 Å². The molecule has 11 nitrogen and oxygen atoms in total. The number of pyridine rings is 1. The molecule has 0 aliphatic heterocycles. The van der Waals surface area contributed by atoms with Gasteiger partial charge in [-0.25, -0.2) is 24.9 Å². The van der Waals surface area contributed by atoms with Crippen molar-refractivity contribution in [2.24, 2.45) is 7.05 Å². The standard InChI is InChI=1S/C35H32F3N9O2/c1-18-27(19(2)45(3)44-18)25-13-23-14-39-30(28-29(21-9-10-21)40-17-41-33(28)49-4)43-32(23)47(34(25)48)15-20-5-7-22(8-6-20)31-42-26(35(36,37)38)16-46(31)24-11-12-24/h5-8,13-14,16-17,21,24H,9-12,15H2,1-4H3. The zero-order valence-electron chi connectivity index (χ0n) is 27.3. The number of methoxy groups -OCH3 is 1. The Morgan fingerprint density at radius 1 is 0.980 bits per heavy atom. The Balaban J connectivity index is 1.26. The summed E-state index contributed by atoms with van der Waals surface area (Å²) in [7, 11) is 3.37. The average molecular weight is 668 g/mol. The van der Waals surface area contributed by atoms with Gasteiger partial charge in [0, 0.05) is 53.6 Å². The molecule has 0 bridgehead atoms. The van der Waals surface area contributed by atoms with Gasteiger partial charge in [0.15, 0.2) is 11.5 Å². The molecule has 8 rings (SSSR count). The molecule has 49 heavy (non-hydrogen) atoms. The normalized spacial score (nSPS) is 14.9. The number of rotatable bonds is 8. The summed E-state index contributed by atoms with van der Waals surface area (Å²) in [5.41, 5.74) is 4.73. The maximum Gasteiger partial charge on any atom is 0.434 e. The Morgan fingerprint density at radius 2 is 1.73 bits per heavy atom. The molecule has 0 spiro atoms. The first kappa shape index (κ1) is 30.9. The number of aryl methyl sites for hydroxylation is 2. The highest BCUT2D eigenvalue weighted by molar-refractivity contribution is 5.84. The number of ether oxygens (including phenoxy) is 1. The van der Waals surface area contributed by atoms with E-state index in [9.17, 15) is 18.0 Å². The summed E-state index contributed by atoms with van der Waals surface area (Å²) in [5, 5.41) is 5.18. The second-order valence-corrected chi connectivity index (χ2v) is 12.8. The first-order valence-electron chi connectivity index (χ1n) is 16.1. The lowest BCUT2D eigenvalue weighted by atomic mass is 10.0. The lowest BCUT2D eigenvalue weighted by molar-refractivity contribution is -0.140. The second-order valence-electron chi connectivity index (χ2n) is 12.8. The summed E-state index contributed by atoms with van der Waals surface area (Å²) in [6.07, 6.45) is 3.34. The Hall–Kier alpha value is -5.40. The van der Waals surface area contributed by atoms with Gasteiger partial charge in [-0.1, -0.05) is 24.3 Å². The minimum atomic E-state index is -4.54. The summed E-state index contributed by atoms with van der Waals surface area (Å²) in [5.74, 6) is 1.24. The molecule has 14 heteroatoms. The molecule has 0 atom stereocenters. The lowest BCUT2D eigenvalue weighted by Crippen LogP contribution is -2.24. The van der Waals surface area contributed by atoms with Crippen molar-refractivity contribution in [2.75, 3.05) is 7.11 Å². The van der Waals surface area contributed by atoms with Crippen molar-refractivity contribution >= 4 is 11.0 Å². The van der Waals surface area contributed by atoms with Gasteiger partial charge in [-0.15, -0.1) is 0 Å². The predicted octanol–water partition coefficient (Wildman–Crippen LogP) is 6.42. The number of benzene rings is 1. The molecule has 0 N–H and O–H groups in total. The number of nitrogens with zero attached hydrogens (tertiary/aromatic N) is 9. The highest BCUT2D eigenvalue weighted by Crippen LogP contribution is 2.45. The van der Waals surface area contributed by atoms with E-state index in [1.165, 1.54) is 13.4 Å². The molecule has 2 aliphatic carbocycles. The zero-order valence-corrected chi connectivity index (χ0v) is 27.3. The number of hydrogen-bond acceptors (Lipinski definition) is 8. The van der Waals surface area contributed by atoms with Crippen LogP contribution >= 0.6 is 0 Å². The van der Waals surface area contributed by atoms with Crippen molar-refractivity contribution in [3.8, 4) is 39.8 Å². The number of halogens is 3. The van der Waals surface area contributed by atoms with E-state index in [-0.39, 0.29) is 29.9 Å². The van der Waals surface area contributed by atoms with Gasteiger partial charge < -0.3 is 9.30 Å². The predicted molar refractivity (Wildman–Crippen MR) is 175 cm³/mol. The largest absolute Gasteiger partial charge is 0.480 e. The van der Waals surface area contributed by atoms with Crippen LogP contribution in [-0.2, 0) is 19.8 Å². The van der Waals surface area contributed by atoms with Crippen LogP contribution < -0.4 is 10.3 Å². The van der Waals surface area contributed by atoms with Crippen LogP contribution in [0.15, 0.2) is 53.8 Å². The molecular weight excluding hydrogens is 635 g/mol. The smallest absolute Gasteiger partial charge is 0.434 e. The highest BCUT2D eigenvalue weighted by atomic mass is 19.4. The van der Waals surface area contributed by atoms with Gasteiger partial charge in [-0.05, 0) is 51.2 Å². The van der Waals surface area contributed by atoms with E-state index in [0.29, 0.717) is 39.4 Å². The van der Waals surface area contributed by atoms with Gasteiger partial charge in [0.05, 0.1) is 30.6 Å². The third-order valence-electron chi connectivity index (χ3n) is 9.34. The molecule has 250 valence electrons. The molecule has 0 radical (unpaired) electrons. The molecule has 0 unspecified atom stereocenters. The molecule has 6 aromatic rings. The molecule has 2 fully saturated rings. The van der Waals surface area contributed by atoms with Crippen molar-refractivity contribution in [3.63, 3.8) is 0 Å². The first-order chi connectivity index (χ1) is 23.5. The minimum Gasteiger partial charge on any atom is -0.480 e. The number of aromatic nitrogens is 9. The molecule has 2 aliphatic rings. The van der Waals surface area contributed by atoms with E-state index in [4.69, 9.17) is 14.7 Å². The zero-order chi connectivity index (χ0) is 34.2. The van der Waals surface area contributed by atoms with Crippen LogP contribution in [0.4, 0.5) is 13.2 Å². The first-order valence-corrected chi connectivity index (χ1v) is 16.1. The Labute approximate surface area is 278 Å². The van der Waals surface area contributed by atoms with Crippen LogP contribution in [0.25, 0.3) is 44.9 Å². The van der Waals surface area contributed by atoms with Gasteiger partial charge >= 0.3 is 6.18 Å². The molecule has 0 amide bonds. The van der Waals surface area contributed by atoms with E-state index in [2.05, 4.69) is 20.1 Å². The second kappa shape index (κ2) is 11.3. The van der Waals surface area contributed by atoms with E-state index in [1.807, 2.05) is 20.9 Å². The summed E-state index contributed by atoms with van der Waals surface area (Å²) in [4.78, 5) is 36.9. The molecular formula is C35H32F3N9O2. The van der Waals surface area contributed by atoms with Gasteiger partial charge in [-0.3, -0.25) is 14.0 Å². The van der Waals surface area contributed by atoms with Crippen LogP contribution in [0.2, 0.25) is 0 Å². The fourth-order valence-electron chi connectivity index (χ4n) is 6.50. The third-order valence-corrected chi connectivity index (χ3v) is 9.34. The fourth-order valence-corrected chi connectivity index (χ4v) is 6.50. The van der Waals surface area contributed by atoms with Crippen LogP contribution in [0.5, 0.6) is 5.88 Å². The van der Waals surface area contributed by atoms with Crippen LogP contribution in [0, 0.1) is 13.8 Å². The van der Waals surface area contributed by atoms with E-state index in [0.717, 1.165) is 60.1 Å². The van der Waals surface area contributed by atoms with Gasteiger partial charge in [-0.2, -0.15) is 18.3 Å². The third kappa shape index (κ3) is 5.44. The number of imidazole rings is 1. The van der Waals surface area contributed by atoms with E-state index >= 15 is 0 Å². The van der Waals surface area contributed by atoms with Crippen molar-refractivity contribution in [3.05, 3.63) is 87.7 Å². The van der Waals surface area contributed by atoms with Crippen molar-refractivity contribution in [2.45, 2.75) is 64.2 Å². The molecule has 2 saturated carbocycles. The molecule has 0 saturated heterocycles. The summed E-state index contributed by atoms with van der Waals surface area (Å²) in [6.45, 7) is 3.92. The number of hydrogen-bond donors (Lipinski definition) is 0. The Bertz CT molecular complexity index is 2310. The Morgan fingerprint density at radius 3 is 2.37 bits per heavy atom. The fraction of sp³-hybridized carbons (Fsp3) is 0.343. The quantitative estimate of drug-likeness (QED) is 0.183. The van der Waals surface area contributed by atoms with Crippen LogP contribution in [0.3, 0.4) is 0 Å². The minimum absolute atomic E-state index is 0.00768. The van der Waals surface area contributed by atoms with Crippen molar-refractivity contribution in [1.82, 2.24) is 43.8 Å². The van der Waals surface area contributed by atoms with Gasteiger partial charge in [0.25, 0.3) is 5.56 Å². The monoisotopic (exact) mass is 667 g/mol. The number of fused-ring (bicyclic) bond motifs is 1.